The van der Waals surface area contributed by atoms with Gasteiger partial charge in [-0.15, -0.1) is 10.2 Å². The Morgan fingerprint density at radius 3 is 2.62 bits per heavy atom. The molecule has 3 rings (SSSR count). The average Bonchev–Trinajstić information content (AvgIpc) is 3.15. The zero-order valence-electron chi connectivity index (χ0n) is 16.3. The lowest BCUT2D eigenvalue weighted by atomic mass is 10.1. The molecule has 150 valence electrons. The van der Waals surface area contributed by atoms with Crippen LogP contribution < -0.4 is 10.1 Å². The minimum Gasteiger partial charge on any atom is -0.497 e. The second-order valence-corrected chi connectivity index (χ2v) is 7.66. The standard InChI is InChI=1S/C21H21N3O4S/c1-13(25)16-5-4-6-17(12-16)22-20(26)14(2)29-21-24-23-19(28-21)11-15-7-9-18(27-3)10-8-15/h4-10,12,14H,11H2,1-3H3,(H,22,26)/t14-/m1/s1. The van der Waals surface area contributed by atoms with Crippen molar-refractivity contribution in [3.8, 4) is 5.75 Å². The molecule has 0 bridgehead atoms. The van der Waals surface area contributed by atoms with E-state index in [0.29, 0.717) is 28.8 Å². The smallest absolute Gasteiger partial charge is 0.277 e. The summed E-state index contributed by atoms with van der Waals surface area (Å²) in [6.07, 6.45) is 0.496. The first-order chi connectivity index (χ1) is 13.9. The van der Waals surface area contributed by atoms with Gasteiger partial charge in [-0.05, 0) is 43.7 Å². The number of hydrogen-bond donors (Lipinski definition) is 1. The first-order valence-electron chi connectivity index (χ1n) is 8.98. The summed E-state index contributed by atoms with van der Waals surface area (Å²) in [4.78, 5) is 23.9. The molecule has 1 atom stereocenters. The number of hydrogen-bond acceptors (Lipinski definition) is 7. The van der Waals surface area contributed by atoms with Crippen LogP contribution >= 0.6 is 11.8 Å². The quantitative estimate of drug-likeness (QED) is 0.442. The average molecular weight is 411 g/mol. The Bertz CT molecular complexity index is 1000. The Labute approximate surface area is 172 Å². The Balaban J connectivity index is 1.57. The fourth-order valence-electron chi connectivity index (χ4n) is 2.54. The van der Waals surface area contributed by atoms with E-state index in [2.05, 4.69) is 15.5 Å². The molecule has 0 unspecified atom stereocenters. The third kappa shape index (κ3) is 5.68. The van der Waals surface area contributed by atoms with Crippen LogP contribution in [0.4, 0.5) is 5.69 Å². The number of thioether (sulfide) groups is 1. The highest BCUT2D eigenvalue weighted by Gasteiger charge is 2.19. The number of carbonyl (C=O) groups excluding carboxylic acids is 2. The minimum absolute atomic E-state index is 0.0567. The molecule has 1 aromatic heterocycles. The molecule has 8 heteroatoms. The van der Waals surface area contributed by atoms with E-state index in [9.17, 15) is 9.59 Å². The Kier molecular flexibility index (Phi) is 6.66. The van der Waals surface area contributed by atoms with Gasteiger partial charge in [0, 0.05) is 11.3 Å². The predicted octanol–water partition coefficient (Wildman–Crippen LogP) is 3.99. The lowest BCUT2D eigenvalue weighted by molar-refractivity contribution is -0.115. The molecule has 0 spiro atoms. The summed E-state index contributed by atoms with van der Waals surface area (Å²) in [6, 6.07) is 14.4. The molecule has 0 aliphatic rings. The number of benzene rings is 2. The topological polar surface area (TPSA) is 94.3 Å². The number of rotatable bonds is 8. The molecule has 1 heterocycles. The number of Topliss-reactive ketones (excluding diaryl/α,β-unsaturated/α-hetero) is 1. The lowest BCUT2D eigenvalue weighted by Crippen LogP contribution is -2.22. The number of methoxy groups -OCH3 is 1. The van der Waals surface area contributed by atoms with E-state index in [1.807, 2.05) is 24.3 Å². The van der Waals surface area contributed by atoms with Crippen LogP contribution in [0.3, 0.4) is 0 Å². The summed E-state index contributed by atoms with van der Waals surface area (Å²) in [5.41, 5.74) is 2.13. The lowest BCUT2D eigenvalue weighted by Gasteiger charge is -2.10. The summed E-state index contributed by atoms with van der Waals surface area (Å²) in [5, 5.41) is 10.7. The van der Waals surface area contributed by atoms with E-state index in [1.54, 1.807) is 38.3 Å². The summed E-state index contributed by atoms with van der Waals surface area (Å²) < 4.78 is 10.8. The van der Waals surface area contributed by atoms with E-state index in [0.717, 1.165) is 11.3 Å². The maximum absolute atomic E-state index is 12.4. The molecule has 0 aliphatic carbocycles. The summed E-state index contributed by atoms with van der Waals surface area (Å²) in [5.74, 6) is 0.980. The molecule has 0 saturated heterocycles. The number of amides is 1. The molecule has 1 N–H and O–H groups in total. The van der Waals surface area contributed by atoms with E-state index in [-0.39, 0.29) is 11.7 Å². The van der Waals surface area contributed by atoms with Gasteiger partial charge in [-0.25, -0.2) is 0 Å². The van der Waals surface area contributed by atoms with Crippen molar-refractivity contribution >= 4 is 29.1 Å². The molecule has 2 aromatic carbocycles. The molecule has 0 radical (unpaired) electrons. The first-order valence-corrected chi connectivity index (χ1v) is 9.86. The van der Waals surface area contributed by atoms with Gasteiger partial charge in [0.05, 0.1) is 18.8 Å². The molecule has 0 aliphatic heterocycles. The van der Waals surface area contributed by atoms with Crippen LogP contribution in [0, 0.1) is 0 Å². The Hall–Kier alpha value is -3.13. The molecule has 3 aromatic rings. The highest BCUT2D eigenvalue weighted by molar-refractivity contribution is 8.00. The normalized spacial score (nSPS) is 11.7. The SMILES string of the molecule is COc1ccc(Cc2nnc(S[C@H](C)C(=O)Nc3cccc(C(C)=O)c3)o2)cc1. The van der Waals surface area contributed by atoms with Gasteiger partial charge in [0.25, 0.3) is 5.22 Å². The van der Waals surface area contributed by atoms with Crippen LogP contribution in [0.25, 0.3) is 0 Å². The third-order valence-electron chi connectivity index (χ3n) is 4.15. The van der Waals surface area contributed by atoms with Gasteiger partial charge in [-0.3, -0.25) is 9.59 Å². The van der Waals surface area contributed by atoms with Gasteiger partial charge in [-0.1, -0.05) is 36.0 Å². The molecule has 0 saturated carbocycles. The molecule has 29 heavy (non-hydrogen) atoms. The number of anilines is 1. The number of aromatic nitrogens is 2. The van der Waals surface area contributed by atoms with Crippen LogP contribution in [-0.2, 0) is 11.2 Å². The number of nitrogens with zero attached hydrogens (tertiary/aromatic N) is 2. The molecular weight excluding hydrogens is 390 g/mol. The Morgan fingerprint density at radius 2 is 1.93 bits per heavy atom. The zero-order chi connectivity index (χ0) is 20.8. The van der Waals surface area contributed by atoms with Gasteiger partial charge in [0.15, 0.2) is 5.78 Å². The summed E-state index contributed by atoms with van der Waals surface area (Å²) >= 11 is 1.18. The van der Waals surface area contributed by atoms with E-state index in [1.165, 1.54) is 18.7 Å². The van der Waals surface area contributed by atoms with Crippen molar-refractivity contribution < 1.29 is 18.7 Å². The van der Waals surface area contributed by atoms with Crippen molar-refractivity contribution in [2.24, 2.45) is 0 Å². The fourth-order valence-corrected chi connectivity index (χ4v) is 3.24. The first kappa shape index (κ1) is 20.6. The van der Waals surface area contributed by atoms with Crippen molar-refractivity contribution in [2.75, 3.05) is 12.4 Å². The summed E-state index contributed by atoms with van der Waals surface area (Å²) in [7, 11) is 1.62. The predicted molar refractivity (Wildman–Crippen MR) is 110 cm³/mol. The maximum atomic E-state index is 12.4. The number of nitrogens with one attached hydrogen (secondary N) is 1. The van der Waals surface area contributed by atoms with Crippen molar-refractivity contribution in [2.45, 2.75) is 30.7 Å². The molecular formula is C21H21N3O4S. The van der Waals surface area contributed by atoms with Crippen LogP contribution in [0.1, 0.15) is 35.7 Å². The number of ether oxygens (including phenoxy) is 1. The van der Waals surface area contributed by atoms with Crippen molar-refractivity contribution in [1.82, 2.24) is 10.2 Å². The fraction of sp³-hybridized carbons (Fsp3) is 0.238. The second-order valence-electron chi connectivity index (χ2n) is 6.37. The number of ketones is 1. The van der Waals surface area contributed by atoms with Gasteiger partial charge in [0.1, 0.15) is 5.75 Å². The number of carbonyl (C=O) groups is 2. The second kappa shape index (κ2) is 9.38. The van der Waals surface area contributed by atoms with Gasteiger partial charge in [0.2, 0.25) is 11.8 Å². The summed E-state index contributed by atoms with van der Waals surface area (Å²) in [6.45, 7) is 3.24. The molecule has 0 fully saturated rings. The van der Waals surface area contributed by atoms with Crippen molar-refractivity contribution in [3.63, 3.8) is 0 Å². The van der Waals surface area contributed by atoms with Crippen LogP contribution in [-0.4, -0.2) is 34.2 Å². The zero-order valence-corrected chi connectivity index (χ0v) is 17.2. The molecule has 7 nitrogen and oxygen atoms in total. The highest BCUT2D eigenvalue weighted by Crippen LogP contribution is 2.24. The maximum Gasteiger partial charge on any atom is 0.277 e. The van der Waals surface area contributed by atoms with E-state index < -0.39 is 5.25 Å². The minimum atomic E-state index is -0.453. The Morgan fingerprint density at radius 1 is 1.17 bits per heavy atom. The van der Waals surface area contributed by atoms with Crippen LogP contribution in [0.15, 0.2) is 58.2 Å². The van der Waals surface area contributed by atoms with E-state index >= 15 is 0 Å². The monoisotopic (exact) mass is 411 g/mol. The third-order valence-corrected chi connectivity index (χ3v) is 5.08. The largest absolute Gasteiger partial charge is 0.497 e. The van der Waals surface area contributed by atoms with Crippen molar-refractivity contribution in [1.29, 1.82) is 0 Å². The molecule has 1 amide bonds. The van der Waals surface area contributed by atoms with Gasteiger partial charge in [-0.2, -0.15) is 0 Å². The van der Waals surface area contributed by atoms with Crippen LogP contribution in [0.5, 0.6) is 5.75 Å². The van der Waals surface area contributed by atoms with E-state index in [4.69, 9.17) is 9.15 Å². The van der Waals surface area contributed by atoms with Gasteiger partial charge >= 0.3 is 0 Å². The highest BCUT2D eigenvalue weighted by atomic mass is 32.2. The van der Waals surface area contributed by atoms with Gasteiger partial charge < -0.3 is 14.5 Å². The van der Waals surface area contributed by atoms with Crippen LogP contribution in [0.2, 0.25) is 0 Å². The van der Waals surface area contributed by atoms with Crippen molar-refractivity contribution in [3.05, 3.63) is 65.5 Å².